The predicted octanol–water partition coefficient (Wildman–Crippen LogP) is 2.90. The molecular weight excluding hydrogens is 352 g/mol. The van der Waals surface area contributed by atoms with E-state index >= 15 is 0 Å². The van der Waals surface area contributed by atoms with Gasteiger partial charge in [0.15, 0.2) is 0 Å². The molecule has 1 aliphatic carbocycles. The number of benzene rings is 2. The summed E-state index contributed by atoms with van der Waals surface area (Å²) >= 11 is 0. The summed E-state index contributed by atoms with van der Waals surface area (Å²) in [5, 5.41) is 17.9. The van der Waals surface area contributed by atoms with Gasteiger partial charge in [0.2, 0.25) is 0 Å². The Hall–Kier alpha value is -2.24. The van der Waals surface area contributed by atoms with E-state index in [1.54, 1.807) is 14.2 Å². The van der Waals surface area contributed by atoms with E-state index in [4.69, 9.17) is 9.47 Å². The molecule has 3 atom stereocenters. The second-order valence-electron chi connectivity index (χ2n) is 8.17. The monoisotopic (exact) mass is 382 g/mol. The highest BCUT2D eigenvalue weighted by Gasteiger charge is 2.35. The molecule has 2 aromatic rings. The molecule has 0 spiro atoms. The molecule has 28 heavy (non-hydrogen) atoms. The number of para-hydroxylation sites is 1. The maximum atomic E-state index is 10.7. The van der Waals surface area contributed by atoms with Crippen molar-refractivity contribution in [3.8, 4) is 11.5 Å². The maximum absolute atomic E-state index is 10.7. The lowest BCUT2D eigenvalue weighted by Crippen LogP contribution is -2.47. The summed E-state index contributed by atoms with van der Waals surface area (Å²) in [5.41, 5.74) is 4.95. The van der Waals surface area contributed by atoms with Crippen LogP contribution in [0.15, 0.2) is 36.4 Å². The van der Waals surface area contributed by atoms with Crippen LogP contribution < -0.4 is 20.1 Å². The minimum absolute atomic E-state index is 0.0155. The van der Waals surface area contributed by atoms with Crippen LogP contribution in [0.25, 0.3) is 0 Å². The van der Waals surface area contributed by atoms with Crippen LogP contribution in [-0.4, -0.2) is 44.6 Å². The van der Waals surface area contributed by atoms with Crippen LogP contribution in [-0.2, 0) is 18.3 Å². The van der Waals surface area contributed by atoms with Crippen molar-refractivity contribution < 1.29 is 14.6 Å². The third kappa shape index (κ3) is 3.33. The summed E-state index contributed by atoms with van der Waals surface area (Å²) in [5.74, 6) is 1.70. The molecule has 1 heterocycles. The van der Waals surface area contributed by atoms with E-state index in [2.05, 4.69) is 41.8 Å². The average molecular weight is 383 g/mol. The minimum atomic E-state index is -0.435. The Labute approximate surface area is 167 Å². The molecule has 3 N–H and O–H groups in total. The Kier molecular flexibility index (Phi) is 5.21. The molecule has 2 aromatic carbocycles. The number of hydrogen-bond donors (Lipinski definition) is 3. The van der Waals surface area contributed by atoms with E-state index in [0.29, 0.717) is 6.42 Å². The summed E-state index contributed by atoms with van der Waals surface area (Å²) in [4.78, 5) is 0. The Morgan fingerprint density at radius 3 is 2.46 bits per heavy atom. The second kappa shape index (κ2) is 7.64. The second-order valence-corrected chi connectivity index (χ2v) is 8.17. The topological polar surface area (TPSA) is 62.8 Å². The molecule has 0 amide bonds. The van der Waals surface area contributed by atoms with Crippen molar-refractivity contribution in [2.24, 2.45) is 0 Å². The van der Waals surface area contributed by atoms with Crippen molar-refractivity contribution in [1.82, 2.24) is 5.32 Å². The fraction of sp³-hybridized carbons (Fsp3) is 0.478. The number of anilines is 1. The first-order valence-corrected chi connectivity index (χ1v) is 10.0. The number of methoxy groups -OCH3 is 2. The first-order chi connectivity index (χ1) is 13.6. The summed E-state index contributed by atoms with van der Waals surface area (Å²) in [6, 6.07) is 12.4. The third-order valence-corrected chi connectivity index (χ3v) is 6.42. The van der Waals surface area contributed by atoms with E-state index < -0.39 is 6.10 Å². The summed E-state index contributed by atoms with van der Waals surface area (Å²) in [7, 11) is 3.37. The SMILES string of the molecule is COc1ccc(OC)c2c1C[C@H](NCCC1(C)CNc3ccccc31)[C@@H](O)C2. The molecule has 2 aliphatic rings. The Morgan fingerprint density at radius 1 is 1.07 bits per heavy atom. The molecule has 0 aromatic heterocycles. The van der Waals surface area contributed by atoms with Gasteiger partial charge in [-0.2, -0.15) is 0 Å². The highest BCUT2D eigenvalue weighted by Crippen LogP contribution is 2.39. The van der Waals surface area contributed by atoms with Crippen molar-refractivity contribution in [3.63, 3.8) is 0 Å². The van der Waals surface area contributed by atoms with Gasteiger partial charge in [0, 0.05) is 41.2 Å². The van der Waals surface area contributed by atoms with Gasteiger partial charge in [0.05, 0.1) is 20.3 Å². The van der Waals surface area contributed by atoms with Crippen LogP contribution in [0.4, 0.5) is 5.69 Å². The molecule has 0 radical (unpaired) electrons. The molecule has 1 unspecified atom stereocenters. The lowest BCUT2D eigenvalue weighted by molar-refractivity contribution is 0.116. The van der Waals surface area contributed by atoms with E-state index in [1.165, 1.54) is 11.3 Å². The van der Waals surface area contributed by atoms with Crippen molar-refractivity contribution >= 4 is 5.69 Å². The number of rotatable bonds is 6. The van der Waals surface area contributed by atoms with E-state index in [0.717, 1.165) is 48.6 Å². The van der Waals surface area contributed by atoms with Gasteiger partial charge in [-0.25, -0.2) is 0 Å². The van der Waals surface area contributed by atoms with Gasteiger partial charge in [0.1, 0.15) is 11.5 Å². The van der Waals surface area contributed by atoms with E-state index in [1.807, 2.05) is 12.1 Å². The summed E-state index contributed by atoms with van der Waals surface area (Å²) in [6.45, 7) is 4.12. The lowest BCUT2D eigenvalue weighted by atomic mass is 9.81. The van der Waals surface area contributed by atoms with Crippen LogP contribution in [0, 0.1) is 0 Å². The van der Waals surface area contributed by atoms with Gasteiger partial charge in [-0.15, -0.1) is 0 Å². The van der Waals surface area contributed by atoms with Gasteiger partial charge in [-0.3, -0.25) is 0 Å². The molecule has 5 nitrogen and oxygen atoms in total. The first kappa shape index (κ1) is 19.1. The highest BCUT2D eigenvalue weighted by molar-refractivity contribution is 5.60. The van der Waals surface area contributed by atoms with Crippen LogP contribution >= 0.6 is 0 Å². The lowest BCUT2D eigenvalue weighted by Gasteiger charge is -2.33. The highest BCUT2D eigenvalue weighted by atomic mass is 16.5. The normalized spacial score (nSPS) is 25.6. The molecule has 150 valence electrons. The van der Waals surface area contributed by atoms with Crippen molar-refractivity contribution in [2.45, 2.75) is 43.7 Å². The molecule has 5 heteroatoms. The quantitative estimate of drug-likeness (QED) is 0.717. The number of aliphatic hydroxyl groups is 1. The van der Waals surface area contributed by atoms with Gasteiger partial charge in [-0.05, 0) is 43.1 Å². The molecular formula is C23H30N2O3. The average Bonchev–Trinajstić information content (AvgIpc) is 3.05. The van der Waals surface area contributed by atoms with Crippen LogP contribution in [0.1, 0.15) is 30.0 Å². The fourth-order valence-corrected chi connectivity index (χ4v) is 4.70. The van der Waals surface area contributed by atoms with Crippen molar-refractivity contribution in [1.29, 1.82) is 0 Å². The predicted molar refractivity (Wildman–Crippen MR) is 112 cm³/mol. The number of ether oxygens (including phenoxy) is 2. The fourth-order valence-electron chi connectivity index (χ4n) is 4.70. The van der Waals surface area contributed by atoms with E-state index in [9.17, 15) is 5.11 Å². The molecule has 0 bridgehead atoms. The summed E-state index contributed by atoms with van der Waals surface area (Å²) < 4.78 is 11.1. The maximum Gasteiger partial charge on any atom is 0.122 e. The molecule has 0 saturated carbocycles. The van der Waals surface area contributed by atoms with E-state index in [-0.39, 0.29) is 11.5 Å². The largest absolute Gasteiger partial charge is 0.496 e. The van der Waals surface area contributed by atoms with Crippen molar-refractivity contribution in [3.05, 3.63) is 53.1 Å². The van der Waals surface area contributed by atoms with Crippen LogP contribution in [0.3, 0.4) is 0 Å². The number of fused-ring (bicyclic) bond motifs is 2. The van der Waals surface area contributed by atoms with Gasteiger partial charge in [-0.1, -0.05) is 25.1 Å². The Balaban J connectivity index is 1.44. The smallest absolute Gasteiger partial charge is 0.122 e. The number of hydrogen-bond acceptors (Lipinski definition) is 5. The van der Waals surface area contributed by atoms with Crippen LogP contribution in [0.5, 0.6) is 11.5 Å². The first-order valence-electron chi connectivity index (χ1n) is 10.0. The van der Waals surface area contributed by atoms with Crippen LogP contribution in [0.2, 0.25) is 0 Å². The zero-order valence-electron chi connectivity index (χ0n) is 16.9. The number of nitrogens with one attached hydrogen (secondary N) is 2. The molecule has 0 saturated heterocycles. The standard InChI is InChI=1S/C23H30N2O3/c1-23(14-25-18-7-5-4-6-17(18)23)10-11-24-19-12-15-16(13-20(19)26)22(28-3)9-8-21(15)27-2/h4-9,19-20,24-26H,10-14H2,1-3H3/t19-,20-,23?/m0/s1. The zero-order valence-corrected chi connectivity index (χ0v) is 16.9. The third-order valence-electron chi connectivity index (χ3n) is 6.42. The zero-order chi connectivity index (χ0) is 19.7. The van der Waals surface area contributed by atoms with Gasteiger partial charge < -0.3 is 25.2 Å². The molecule has 4 rings (SSSR count). The van der Waals surface area contributed by atoms with Gasteiger partial charge in [0.25, 0.3) is 0 Å². The van der Waals surface area contributed by atoms with Gasteiger partial charge >= 0.3 is 0 Å². The van der Waals surface area contributed by atoms with Crippen molar-refractivity contribution in [2.75, 3.05) is 32.6 Å². The Morgan fingerprint density at radius 2 is 1.75 bits per heavy atom. The Bertz CT molecular complexity index is 854. The number of aliphatic hydroxyl groups excluding tert-OH is 1. The molecule has 0 fully saturated rings. The summed E-state index contributed by atoms with van der Waals surface area (Å²) in [6.07, 6.45) is 1.90. The minimum Gasteiger partial charge on any atom is -0.496 e. The molecule has 1 aliphatic heterocycles.